The Labute approximate surface area is 126 Å². The van der Waals surface area contributed by atoms with E-state index in [9.17, 15) is 9.59 Å². The zero-order valence-electron chi connectivity index (χ0n) is 13.5. The van der Waals surface area contributed by atoms with Crippen LogP contribution in [0, 0.1) is 29.1 Å². The number of hydrogen-bond donors (Lipinski definition) is 0. The van der Waals surface area contributed by atoms with Gasteiger partial charge in [-0.15, -0.1) is 0 Å². The average Bonchev–Trinajstić information content (AvgIpc) is 2.76. The molecule has 4 aliphatic carbocycles. The third-order valence-electron chi connectivity index (χ3n) is 5.81. The third kappa shape index (κ3) is 2.47. The highest BCUT2D eigenvalue weighted by molar-refractivity contribution is 5.79. The van der Waals surface area contributed by atoms with Gasteiger partial charge in [-0.3, -0.25) is 4.79 Å². The van der Waals surface area contributed by atoms with Crippen LogP contribution in [-0.4, -0.2) is 24.1 Å². The fraction of sp³-hybridized carbons (Fsp3) is 0.882. The van der Waals surface area contributed by atoms with Gasteiger partial charge in [-0.05, 0) is 71.1 Å². The lowest BCUT2D eigenvalue weighted by Crippen LogP contribution is -2.45. The van der Waals surface area contributed by atoms with Crippen LogP contribution in [0.1, 0.15) is 53.4 Å². The topological polar surface area (TPSA) is 52.6 Å². The Morgan fingerprint density at radius 2 is 1.86 bits per heavy atom. The molecule has 4 fully saturated rings. The minimum Gasteiger partial charge on any atom is -0.456 e. The second-order valence-corrected chi connectivity index (χ2v) is 8.36. The SMILES string of the molecule is CC(C)(C)C(=O)OCC(=O)OC1(C)C2CC3CC(C2)C1C3. The number of rotatable bonds is 3. The summed E-state index contributed by atoms with van der Waals surface area (Å²) >= 11 is 0. The maximum absolute atomic E-state index is 12.1. The van der Waals surface area contributed by atoms with Crippen molar-refractivity contribution in [2.75, 3.05) is 6.61 Å². The van der Waals surface area contributed by atoms with Gasteiger partial charge in [-0.25, -0.2) is 4.79 Å². The predicted molar refractivity (Wildman–Crippen MR) is 77.3 cm³/mol. The summed E-state index contributed by atoms with van der Waals surface area (Å²) in [5.41, 5.74) is -0.918. The van der Waals surface area contributed by atoms with Gasteiger partial charge >= 0.3 is 11.9 Å². The molecule has 118 valence electrons. The average molecular weight is 294 g/mol. The first-order chi connectivity index (χ1) is 9.70. The summed E-state index contributed by atoms with van der Waals surface area (Å²) in [6, 6.07) is 0. The normalized spacial score (nSPS) is 40.4. The standard InChI is InChI=1S/C17H26O4/c1-16(2,3)15(19)20-9-14(18)21-17(4)12-6-10-5-11(8-12)13(17)7-10/h10-13H,5-9H2,1-4H3. The minimum absolute atomic E-state index is 0.265. The molecule has 5 atom stereocenters. The Bertz CT molecular complexity index is 460. The maximum atomic E-state index is 12.1. The van der Waals surface area contributed by atoms with Crippen molar-refractivity contribution in [3.05, 3.63) is 0 Å². The zero-order valence-corrected chi connectivity index (χ0v) is 13.5. The molecule has 0 aromatic carbocycles. The highest BCUT2D eigenvalue weighted by atomic mass is 16.6. The smallest absolute Gasteiger partial charge is 0.344 e. The molecular weight excluding hydrogens is 268 g/mol. The summed E-state index contributed by atoms with van der Waals surface area (Å²) in [5.74, 6) is 1.85. The van der Waals surface area contributed by atoms with Gasteiger partial charge in [0.15, 0.2) is 6.61 Å². The van der Waals surface area contributed by atoms with Gasteiger partial charge < -0.3 is 9.47 Å². The van der Waals surface area contributed by atoms with E-state index in [0.717, 1.165) is 11.8 Å². The first-order valence-electron chi connectivity index (χ1n) is 8.09. The fourth-order valence-corrected chi connectivity index (χ4v) is 4.80. The van der Waals surface area contributed by atoms with Crippen LogP contribution in [0.4, 0.5) is 0 Å². The molecule has 4 saturated carbocycles. The zero-order chi connectivity index (χ0) is 15.4. The molecule has 0 heterocycles. The number of ether oxygens (including phenoxy) is 2. The van der Waals surface area contributed by atoms with E-state index in [2.05, 4.69) is 6.92 Å². The number of hydrogen-bond acceptors (Lipinski definition) is 4. The van der Waals surface area contributed by atoms with Gasteiger partial charge in [-0.2, -0.15) is 0 Å². The number of esters is 2. The molecule has 21 heavy (non-hydrogen) atoms. The van der Waals surface area contributed by atoms with E-state index in [1.807, 2.05) is 0 Å². The van der Waals surface area contributed by atoms with Crippen LogP contribution in [0.15, 0.2) is 0 Å². The van der Waals surface area contributed by atoms with E-state index in [1.54, 1.807) is 20.8 Å². The molecule has 0 radical (unpaired) electrons. The van der Waals surface area contributed by atoms with E-state index >= 15 is 0 Å². The Morgan fingerprint density at radius 1 is 1.14 bits per heavy atom. The molecule has 4 aliphatic rings. The van der Waals surface area contributed by atoms with E-state index in [1.165, 1.54) is 25.7 Å². The van der Waals surface area contributed by atoms with Crippen molar-refractivity contribution in [1.82, 2.24) is 0 Å². The van der Waals surface area contributed by atoms with Gasteiger partial charge in [0.2, 0.25) is 0 Å². The monoisotopic (exact) mass is 294 g/mol. The van der Waals surface area contributed by atoms with E-state index in [4.69, 9.17) is 9.47 Å². The van der Waals surface area contributed by atoms with Crippen molar-refractivity contribution in [2.45, 2.75) is 59.0 Å². The molecule has 4 heteroatoms. The molecule has 5 unspecified atom stereocenters. The minimum atomic E-state index is -0.588. The molecule has 0 aromatic heterocycles. The van der Waals surface area contributed by atoms with E-state index < -0.39 is 11.4 Å². The molecule has 0 amide bonds. The number of carbonyl (C=O) groups is 2. The van der Waals surface area contributed by atoms with Crippen LogP contribution in [0.5, 0.6) is 0 Å². The van der Waals surface area contributed by atoms with Crippen LogP contribution >= 0.6 is 0 Å². The lowest BCUT2D eigenvalue weighted by atomic mass is 9.73. The highest BCUT2D eigenvalue weighted by Crippen LogP contribution is 2.63. The van der Waals surface area contributed by atoms with Crippen LogP contribution in [0.25, 0.3) is 0 Å². The lowest BCUT2D eigenvalue weighted by Gasteiger charge is -2.41. The summed E-state index contributed by atoms with van der Waals surface area (Å²) in [4.78, 5) is 23.8. The van der Waals surface area contributed by atoms with Crippen molar-refractivity contribution in [3.8, 4) is 0 Å². The third-order valence-corrected chi connectivity index (χ3v) is 5.81. The summed E-state index contributed by atoms with van der Waals surface area (Å²) in [6.07, 6.45) is 4.91. The molecule has 0 aromatic rings. The van der Waals surface area contributed by atoms with Crippen molar-refractivity contribution < 1.29 is 19.1 Å². The van der Waals surface area contributed by atoms with Gasteiger partial charge in [-0.1, -0.05) is 0 Å². The predicted octanol–water partition coefficient (Wildman–Crippen LogP) is 2.94. The second-order valence-electron chi connectivity index (χ2n) is 8.36. The Morgan fingerprint density at radius 3 is 2.48 bits per heavy atom. The van der Waals surface area contributed by atoms with Gasteiger partial charge in [0.25, 0.3) is 0 Å². The molecule has 4 rings (SSSR count). The molecule has 0 aliphatic heterocycles. The molecule has 0 spiro atoms. The lowest BCUT2D eigenvalue weighted by molar-refractivity contribution is -0.181. The first kappa shape index (κ1) is 14.9. The van der Waals surface area contributed by atoms with Crippen molar-refractivity contribution in [2.24, 2.45) is 29.1 Å². The molecular formula is C17H26O4. The summed E-state index contributed by atoms with van der Waals surface area (Å²) in [5, 5.41) is 0. The molecule has 4 bridgehead atoms. The maximum Gasteiger partial charge on any atom is 0.344 e. The molecule has 0 saturated heterocycles. The Kier molecular flexibility index (Phi) is 3.34. The van der Waals surface area contributed by atoms with Gasteiger partial charge in [0.05, 0.1) is 5.41 Å². The molecule has 0 N–H and O–H groups in total. The number of carbonyl (C=O) groups excluding carboxylic acids is 2. The fourth-order valence-electron chi connectivity index (χ4n) is 4.80. The van der Waals surface area contributed by atoms with Gasteiger partial charge in [0.1, 0.15) is 5.60 Å². The summed E-state index contributed by atoms with van der Waals surface area (Å²) < 4.78 is 10.9. The second kappa shape index (κ2) is 4.72. The van der Waals surface area contributed by atoms with Gasteiger partial charge in [0, 0.05) is 5.92 Å². The van der Waals surface area contributed by atoms with Crippen LogP contribution in [-0.2, 0) is 19.1 Å². The van der Waals surface area contributed by atoms with Crippen molar-refractivity contribution in [3.63, 3.8) is 0 Å². The van der Waals surface area contributed by atoms with Crippen molar-refractivity contribution >= 4 is 11.9 Å². The van der Waals surface area contributed by atoms with E-state index in [-0.39, 0.29) is 18.2 Å². The van der Waals surface area contributed by atoms with Crippen LogP contribution in [0.2, 0.25) is 0 Å². The van der Waals surface area contributed by atoms with E-state index in [0.29, 0.717) is 11.8 Å². The Balaban J connectivity index is 1.57. The summed E-state index contributed by atoms with van der Waals surface area (Å²) in [6.45, 7) is 7.15. The quantitative estimate of drug-likeness (QED) is 0.751. The molecule has 4 nitrogen and oxygen atoms in total. The van der Waals surface area contributed by atoms with Crippen LogP contribution < -0.4 is 0 Å². The van der Waals surface area contributed by atoms with Crippen LogP contribution in [0.3, 0.4) is 0 Å². The first-order valence-corrected chi connectivity index (χ1v) is 8.09. The Hall–Kier alpha value is -1.06. The highest BCUT2D eigenvalue weighted by Gasteiger charge is 2.62. The van der Waals surface area contributed by atoms with Crippen molar-refractivity contribution in [1.29, 1.82) is 0 Å². The largest absolute Gasteiger partial charge is 0.456 e. The summed E-state index contributed by atoms with van der Waals surface area (Å²) in [7, 11) is 0.